The van der Waals surface area contributed by atoms with Gasteiger partial charge in [0.2, 0.25) is 0 Å². The van der Waals surface area contributed by atoms with Gasteiger partial charge in [-0.1, -0.05) is 39.0 Å². The van der Waals surface area contributed by atoms with Crippen LogP contribution in [-0.4, -0.2) is 38.7 Å². The van der Waals surface area contributed by atoms with Crippen LogP contribution in [0, 0.1) is 0 Å². The fourth-order valence-electron chi connectivity index (χ4n) is 3.86. The number of hydrogen-bond donors (Lipinski definition) is 0. The number of aromatic nitrogens is 3. The molecule has 3 aromatic rings. The van der Waals surface area contributed by atoms with Gasteiger partial charge in [0.25, 0.3) is 5.91 Å². The Labute approximate surface area is 188 Å². The first kappa shape index (κ1) is 22.5. The molecule has 1 aliphatic rings. The van der Waals surface area contributed by atoms with E-state index in [1.54, 1.807) is 29.5 Å². The number of benzene rings is 1. The Morgan fingerprint density at radius 3 is 2.31 bits per heavy atom. The molecule has 1 aliphatic heterocycles. The highest BCUT2D eigenvalue weighted by atomic mass is 32.1. The van der Waals surface area contributed by atoms with Crippen LogP contribution >= 0.6 is 11.3 Å². The normalized spacial score (nSPS) is 15.9. The van der Waals surface area contributed by atoms with Gasteiger partial charge in [0.1, 0.15) is 0 Å². The van der Waals surface area contributed by atoms with E-state index in [2.05, 4.69) is 31.2 Å². The van der Waals surface area contributed by atoms with Crippen molar-refractivity contribution in [2.24, 2.45) is 0 Å². The van der Waals surface area contributed by atoms with Crippen molar-refractivity contribution in [1.29, 1.82) is 0 Å². The number of thiazole rings is 1. The molecule has 3 heterocycles. The molecular weight excluding hydrogens is 437 g/mol. The van der Waals surface area contributed by atoms with Gasteiger partial charge in [-0.15, -0.1) is 11.3 Å². The number of carbonyl (C=O) groups excluding carboxylic acids is 1. The number of alkyl halides is 3. The topological polar surface area (TPSA) is 51.0 Å². The zero-order chi connectivity index (χ0) is 23.1. The lowest BCUT2D eigenvalue weighted by Crippen LogP contribution is -2.38. The SMILES string of the molecule is CC(C)(C)c1csc(C2CCN(C(=O)c3cnn(-c4ccccc4)c3C(F)(F)F)CC2)n1. The summed E-state index contributed by atoms with van der Waals surface area (Å²) in [4.78, 5) is 19.3. The van der Waals surface area contributed by atoms with Crippen LogP contribution in [0.3, 0.4) is 0 Å². The molecule has 5 nitrogen and oxygen atoms in total. The average Bonchev–Trinajstić information content (AvgIpc) is 3.41. The smallest absolute Gasteiger partial charge is 0.338 e. The van der Waals surface area contributed by atoms with Crippen LogP contribution in [-0.2, 0) is 11.6 Å². The monoisotopic (exact) mass is 462 g/mol. The minimum atomic E-state index is -4.71. The average molecular weight is 463 g/mol. The van der Waals surface area contributed by atoms with Crippen LogP contribution in [0.4, 0.5) is 13.2 Å². The van der Waals surface area contributed by atoms with E-state index in [-0.39, 0.29) is 17.0 Å². The maximum atomic E-state index is 13.9. The van der Waals surface area contributed by atoms with Gasteiger partial charge >= 0.3 is 6.18 Å². The molecule has 0 N–H and O–H groups in total. The van der Waals surface area contributed by atoms with Crippen molar-refractivity contribution in [3.05, 3.63) is 63.9 Å². The van der Waals surface area contributed by atoms with Crippen molar-refractivity contribution < 1.29 is 18.0 Å². The van der Waals surface area contributed by atoms with E-state index in [1.165, 1.54) is 17.0 Å². The van der Waals surface area contributed by atoms with E-state index in [0.29, 0.717) is 25.9 Å². The minimum absolute atomic E-state index is 0.0294. The highest BCUT2D eigenvalue weighted by molar-refractivity contribution is 7.09. The predicted molar refractivity (Wildman–Crippen MR) is 117 cm³/mol. The molecular formula is C23H25F3N4OS. The molecule has 0 spiro atoms. The molecule has 0 unspecified atom stereocenters. The Hall–Kier alpha value is -2.68. The lowest BCUT2D eigenvalue weighted by Gasteiger charge is -2.31. The number of hydrogen-bond acceptors (Lipinski definition) is 4. The Kier molecular flexibility index (Phi) is 5.87. The number of rotatable bonds is 3. The van der Waals surface area contributed by atoms with Gasteiger partial charge in [-0.3, -0.25) is 4.79 Å². The second kappa shape index (κ2) is 8.35. The summed E-state index contributed by atoms with van der Waals surface area (Å²) in [7, 11) is 0. The van der Waals surface area contributed by atoms with Crippen LogP contribution in [0.15, 0.2) is 41.9 Å². The molecule has 170 valence electrons. The van der Waals surface area contributed by atoms with Gasteiger partial charge in [-0.05, 0) is 25.0 Å². The number of likely N-dealkylation sites (tertiary alicyclic amines) is 1. The Morgan fingerprint density at radius 2 is 1.75 bits per heavy atom. The minimum Gasteiger partial charge on any atom is -0.338 e. The standard InChI is InChI=1S/C23H25F3N4OS/c1-22(2,3)18-14-32-20(28-18)15-9-11-29(12-10-15)21(31)17-13-27-30(19(17)23(24,25)26)16-7-5-4-6-8-16/h4-8,13-15H,9-12H2,1-3H3. The van der Waals surface area contributed by atoms with Crippen molar-refractivity contribution in [2.45, 2.75) is 51.1 Å². The molecule has 4 rings (SSSR count). The molecule has 0 bridgehead atoms. The van der Waals surface area contributed by atoms with Crippen LogP contribution in [0.25, 0.3) is 5.69 Å². The molecule has 1 aromatic carbocycles. The van der Waals surface area contributed by atoms with E-state index in [4.69, 9.17) is 4.98 Å². The number of amides is 1. The van der Waals surface area contributed by atoms with Crippen molar-refractivity contribution in [3.63, 3.8) is 0 Å². The summed E-state index contributed by atoms with van der Waals surface area (Å²) in [6.45, 7) is 7.12. The number of para-hydroxylation sites is 1. The highest BCUT2D eigenvalue weighted by Gasteiger charge is 2.42. The Balaban J connectivity index is 1.52. The van der Waals surface area contributed by atoms with Crippen LogP contribution < -0.4 is 0 Å². The number of carbonyl (C=O) groups is 1. The first-order valence-electron chi connectivity index (χ1n) is 10.5. The summed E-state index contributed by atoms with van der Waals surface area (Å²) in [5.41, 5.74) is -0.178. The molecule has 9 heteroatoms. The van der Waals surface area contributed by atoms with Crippen molar-refractivity contribution in [1.82, 2.24) is 19.7 Å². The second-order valence-electron chi connectivity index (χ2n) is 9.04. The van der Waals surface area contributed by atoms with E-state index in [0.717, 1.165) is 21.6 Å². The zero-order valence-corrected chi connectivity index (χ0v) is 19.0. The Morgan fingerprint density at radius 1 is 1.09 bits per heavy atom. The number of piperidine rings is 1. The summed E-state index contributed by atoms with van der Waals surface area (Å²) in [6.07, 6.45) is -2.32. The molecule has 0 aliphatic carbocycles. The maximum Gasteiger partial charge on any atom is 0.434 e. The fraction of sp³-hybridized carbons (Fsp3) is 0.435. The molecule has 0 radical (unpaired) electrons. The fourth-order valence-corrected chi connectivity index (χ4v) is 5.08. The summed E-state index contributed by atoms with van der Waals surface area (Å²) in [5, 5.41) is 7.00. The molecule has 0 saturated carbocycles. The third kappa shape index (κ3) is 4.44. The van der Waals surface area contributed by atoms with Crippen molar-refractivity contribution >= 4 is 17.2 Å². The van der Waals surface area contributed by atoms with E-state index in [1.807, 2.05) is 0 Å². The Bertz CT molecular complexity index is 1090. The predicted octanol–water partition coefficient (Wildman–Crippen LogP) is 5.66. The zero-order valence-electron chi connectivity index (χ0n) is 18.2. The molecule has 1 amide bonds. The van der Waals surface area contributed by atoms with Gasteiger partial charge in [-0.25, -0.2) is 9.67 Å². The second-order valence-corrected chi connectivity index (χ2v) is 9.93. The largest absolute Gasteiger partial charge is 0.434 e. The van der Waals surface area contributed by atoms with Gasteiger partial charge < -0.3 is 4.90 Å². The van der Waals surface area contributed by atoms with Gasteiger partial charge in [0.15, 0.2) is 5.69 Å². The first-order chi connectivity index (χ1) is 15.1. The molecule has 0 atom stereocenters. The van der Waals surface area contributed by atoms with Crippen LogP contribution in [0.1, 0.15) is 66.3 Å². The molecule has 1 fully saturated rings. The summed E-state index contributed by atoms with van der Waals surface area (Å²) >= 11 is 1.62. The van der Waals surface area contributed by atoms with Gasteiger partial charge in [-0.2, -0.15) is 18.3 Å². The van der Waals surface area contributed by atoms with Crippen molar-refractivity contribution in [2.75, 3.05) is 13.1 Å². The summed E-state index contributed by atoms with van der Waals surface area (Å²) < 4.78 is 42.5. The van der Waals surface area contributed by atoms with Gasteiger partial charge in [0, 0.05) is 29.8 Å². The van der Waals surface area contributed by atoms with Gasteiger partial charge in [0.05, 0.1) is 28.1 Å². The quantitative estimate of drug-likeness (QED) is 0.504. The highest BCUT2D eigenvalue weighted by Crippen LogP contribution is 2.36. The maximum absolute atomic E-state index is 13.9. The van der Waals surface area contributed by atoms with Crippen molar-refractivity contribution in [3.8, 4) is 5.69 Å². The first-order valence-corrected chi connectivity index (χ1v) is 11.4. The molecule has 1 saturated heterocycles. The van der Waals surface area contributed by atoms with E-state index >= 15 is 0 Å². The van der Waals surface area contributed by atoms with E-state index in [9.17, 15) is 18.0 Å². The molecule has 2 aromatic heterocycles. The molecule has 32 heavy (non-hydrogen) atoms. The summed E-state index contributed by atoms with van der Waals surface area (Å²) in [5.74, 6) is -0.415. The summed E-state index contributed by atoms with van der Waals surface area (Å²) in [6, 6.07) is 8.04. The number of halogens is 3. The third-order valence-corrected chi connectivity index (χ3v) is 6.70. The number of nitrogens with zero attached hydrogens (tertiary/aromatic N) is 4. The third-order valence-electron chi connectivity index (χ3n) is 5.69. The van der Waals surface area contributed by atoms with Crippen LogP contribution in [0.2, 0.25) is 0 Å². The lowest BCUT2D eigenvalue weighted by atomic mass is 9.93. The lowest BCUT2D eigenvalue weighted by molar-refractivity contribution is -0.143. The van der Waals surface area contributed by atoms with E-state index < -0.39 is 23.3 Å². The van der Waals surface area contributed by atoms with Crippen LogP contribution in [0.5, 0.6) is 0 Å².